The molecule has 2 atom stereocenters. The lowest BCUT2D eigenvalue weighted by atomic mass is 10.1. The molecule has 3 amide bonds. The van der Waals surface area contributed by atoms with Crippen LogP contribution in [0.4, 0.5) is 20.6 Å². The molecule has 4 aromatic rings. The number of carbonyl (C=O) groups is 3. The molecule has 0 radical (unpaired) electrons. The largest absolute Gasteiger partial charge is 0.445 e. The summed E-state index contributed by atoms with van der Waals surface area (Å²) >= 11 is 1.31. The normalized spacial score (nSPS) is 18.8. The number of carbonyl (C=O) groups excluding carboxylic acids is 3. The van der Waals surface area contributed by atoms with Crippen molar-refractivity contribution in [2.75, 3.05) is 11.9 Å². The van der Waals surface area contributed by atoms with Gasteiger partial charge < -0.3 is 10.1 Å². The highest BCUT2D eigenvalue weighted by Gasteiger charge is 2.39. The predicted octanol–water partition coefficient (Wildman–Crippen LogP) is 7.07. The zero-order valence-electron chi connectivity index (χ0n) is 24.3. The van der Waals surface area contributed by atoms with E-state index < -0.39 is 23.2 Å². The molecule has 45 heavy (non-hydrogen) atoms. The highest BCUT2D eigenvalue weighted by Crippen LogP contribution is 2.41. The fraction of sp³-hybridized carbons (Fsp3) is 0.200. The Bertz CT molecular complexity index is 1700. The number of amides is 3. The molecule has 8 nitrogen and oxygen atoms in total. The van der Waals surface area contributed by atoms with E-state index in [-0.39, 0.29) is 18.4 Å². The Morgan fingerprint density at radius 2 is 1.62 bits per heavy atom. The van der Waals surface area contributed by atoms with Gasteiger partial charge in [0.05, 0.1) is 12.2 Å². The first-order valence-corrected chi connectivity index (χ1v) is 15.6. The van der Waals surface area contributed by atoms with Crippen molar-refractivity contribution in [3.63, 3.8) is 0 Å². The lowest BCUT2D eigenvalue weighted by Crippen LogP contribution is -2.43. The number of aliphatic imine (C=N–C) groups is 1. The summed E-state index contributed by atoms with van der Waals surface area (Å²) < 4.78 is 19.3. The van der Waals surface area contributed by atoms with Gasteiger partial charge in [-0.05, 0) is 59.9 Å². The molecule has 1 unspecified atom stereocenters. The van der Waals surface area contributed by atoms with E-state index in [0.29, 0.717) is 42.5 Å². The van der Waals surface area contributed by atoms with Gasteiger partial charge in [-0.15, -0.1) is 0 Å². The molecular weight excluding hydrogens is 591 g/mol. The Hall–Kier alpha value is -4.96. The average molecular weight is 623 g/mol. The Labute approximate surface area is 264 Å². The number of likely N-dealkylation sites (tertiary alicyclic amines) is 1. The van der Waals surface area contributed by atoms with Gasteiger partial charge in [0.1, 0.15) is 23.7 Å². The molecule has 0 bridgehead atoms. The van der Waals surface area contributed by atoms with Gasteiger partial charge in [-0.3, -0.25) is 19.4 Å². The first kappa shape index (κ1) is 30.1. The van der Waals surface area contributed by atoms with Gasteiger partial charge >= 0.3 is 6.09 Å². The summed E-state index contributed by atoms with van der Waals surface area (Å²) in [6.45, 7) is 0.920. The standard InChI is InChI=1S/C35H31FN4O4S/c36-27-13-7-14-29(21-27)38-34-40(22-24-9-3-1-4-10-24)33(42)31(45-34)26-16-18-28(19-17-26)37-32(41)30-15-8-20-39(30)35(43)44-23-25-11-5-2-6-12-25/h1-7,9-14,16-19,21,30-31H,8,15,20,22-23H2,(H,37,41)/t30-,31?/m0/s1. The summed E-state index contributed by atoms with van der Waals surface area (Å²) in [6.07, 6.45) is 0.735. The van der Waals surface area contributed by atoms with E-state index >= 15 is 0 Å². The molecule has 2 fully saturated rings. The highest BCUT2D eigenvalue weighted by atomic mass is 32.2. The van der Waals surface area contributed by atoms with Crippen LogP contribution in [0, 0.1) is 5.82 Å². The number of amidine groups is 1. The van der Waals surface area contributed by atoms with Crippen LogP contribution in [0.3, 0.4) is 0 Å². The van der Waals surface area contributed by atoms with Crippen LogP contribution in [0.5, 0.6) is 0 Å². The summed E-state index contributed by atoms with van der Waals surface area (Å²) in [6, 6.07) is 31.5. The number of halogens is 1. The monoisotopic (exact) mass is 622 g/mol. The molecule has 2 saturated heterocycles. The minimum Gasteiger partial charge on any atom is -0.445 e. The summed E-state index contributed by atoms with van der Waals surface area (Å²) in [5.74, 6) is -0.826. The molecule has 1 N–H and O–H groups in total. The highest BCUT2D eigenvalue weighted by molar-refractivity contribution is 8.15. The van der Waals surface area contributed by atoms with E-state index in [1.54, 1.807) is 41.3 Å². The topological polar surface area (TPSA) is 91.3 Å². The van der Waals surface area contributed by atoms with Crippen LogP contribution in [0.1, 0.15) is 34.8 Å². The van der Waals surface area contributed by atoms with E-state index in [0.717, 1.165) is 16.7 Å². The van der Waals surface area contributed by atoms with Gasteiger partial charge in [0.15, 0.2) is 5.17 Å². The number of nitrogens with one attached hydrogen (secondary N) is 1. The molecule has 0 saturated carbocycles. The number of nitrogens with zero attached hydrogens (tertiary/aromatic N) is 3. The number of rotatable bonds is 8. The second kappa shape index (κ2) is 13.8. The Morgan fingerprint density at radius 3 is 2.33 bits per heavy atom. The van der Waals surface area contributed by atoms with Gasteiger partial charge in [0.2, 0.25) is 11.8 Å². The fourth-order valence-electron chi connectivity index (χ4n) is 5.35. The SMILES string of the molecule is O=C(Nc1ccc(C2SC(=Nc3cccc(F)c3)N(Cc3ccccc3)C2=O)cc1)[C@@H]1CCCN1C(=O)OCc1ccccc1. The van der Waals surface area contributed by atoms with Crippen molar-refractivity contribution in [1.29, 1.82) is 0 Å². The van der Waals surface area contributed by atoms with Crippen molar-refractivity contribution >= 4 is 46.2 Å². The second-order valence-corrected chi connectivity index (χ2v) is 11.9. The zero-order valence-corrected chi connectivity index (χ0v) is 25.2. The minimum absolute atomic E-state index is 0.133. The molecule has 2 aliphatic rings. The average Bonchev–Trinajstić information content (AvgIpc) is 3.67. The van der Waals surface area contributed by atoms with Crippen molar-refractivity contribution in [2.45, 2.75) is 37.3 Å². The number of ether oxygens (including phenoxy) is 1. The molecule has 4 aromatic carbocycles. The third-order valence-corrected chi connectivity index (χ3v) is 8.87. The molecule has 10 heteroatoms. The van der Waals surface area contributed by atoms with Crippen molar-refractivity contribution in [3.8, 4) is 0 Å². The molecule has 0 spiro atoms. The van der Waals surface area contributed by atoms with Crippen LogP contribution in [0.2, 0.25) is 0 Å². The van der Waals surface area contributed by atoms with E-state index in [4.69, 9.17) is 4.74 Å². The first-order chi connectivity index (χ1) is 21.9. The van der Waals surface area contributed by atoms with Crippen molar-refractivity contribution < 1.29 is 23.5 Å². The van der Waals surface area contributed by atoms with Gasteiger partial charge in [-0.25, -0.2) is 14.2 Å². The van der Waals surface area contributed by atoms with Crippen LogP contribution >= 0.6 is 11.8 Å². The number of benzene rings is 4. The predicted molar refractivity (Wildman–Crippen MR) is 172 cm³/mol. The molecular formula is C35H31FN4O4S. The summed E-state index contributed by atoms with van der Waals surface area (Å²) in [7, 11) is 0. The molecule has 6 rings (SSSR count). The van der Waals surface area contributed by atoms with E-state index in [1.165, 1.54) is 28.8 Å². The summed E-state index contributed by atoms with van der Waals surface area (Å²) in [5.41, 5.74) is 3.55. The van der Waals surface area contributed by atoms with Crippen LogP contribution in [0.25, 0.3) is 0 Å². The molecule has 228 valence electrons. The van der Waals surface area contributed by atoms with Crippen LogP contribution in [-0.2, 0) is 27.5 Å². The van der Waals surface area contributed by atoms with Gasteiger partial charge in [-0.1, -0.05) is 90.6 Å². The summed E-state index contributed by atoms with van der Waals surface area (Å²) in [4.78, 5) is 47.4. The molecule has 0 aromatic heterocycles. The minimum atomic E-state index is -0.631. The fourth-order valence-corrected chi connectivity index (χ4v) is 6.52. The van der Waals surface area contributed by atoms with Crippen LogP contribution in [0.15, 0.2) is 114 Å². The lowest BCUT2D eigenvalue weighted by molar-refractivity contribution is -0.126. The Morgan fingerprint density at radius 1 is 0.911 bits per heavy atom. The van der Waals surface area contributed by atoms with Crippen LogP contribution < -0.4 is 5.32 Å². The first-order valence-electron chi connectivity index (χ1n) is 14.7. The lowest BCUT2D eigenvalue weighted by Gasteiger charge is -2.23. The number of hydrogen-bond acceptors (Lipinski definition) is 6. The second-order valence-electron chi connectivity index (χ2n) is 10.8. The maximum Gasteiger partial charge on any atom is 0.410 e. The van der Waals surface area contributed by atoms with E-state index in [1.807, 2.05) is 60.7 Å². The maximum absolute atomic E-state index is 13.9. The van der Waals surface area contributed by atoms with E-state index in [2.05, 4.69) is 10.3 Å². The third kappa shape index (κ3) is 7.24. The Balaban J connectivity index is 1.13. The Kier molecular flexibility index (Phi) is 9.21. The van der Waals surface area contributed by atoms with Crippen molar-refractivity contribution in [2.24, 2.45) is 4.99 Å². The van der Waals surface area contributed by atoms with Gasteiger partial charge in [0, 0.05) is 12.2 Å². The number of thioether (sulfide) groups is 1. The molecule has 0 aliphatic carbocycles. The van der Waals surface area contributed by atoms with Gasteiger partial charge in [-0.2, -0.15) is 0 Å². The van der Waals surface area contributed by atoms with Crippen molar-refractivity contribution in [1.82, 2.24) is 9.80 Å². The third-order valence-electron chi connectivity index (χ3n) is 7.64. The van der Waals surface area contributed by atoms with Crippen LogP contribution in [-0.4, -0.2) is 45.5 Å². The molecule has 2 aliphatic heterocycles. The van der Waals surface area contributed by atoms with Gasteiger partial charge in [0.25, 0.3) is 0 Å². The van der Waals surface area contributed by atoms with Crippen molar-refractivity contribution in [3.05, 3.63) is 132 Å². The molecule has 2 heterocycles. The zero-order chi connectivity index (χ0) is 31.2. The van der Waals surface area contributed by atoms with E-state index in [9.17, 15) is 18.8 Å². The smallest absolute Gasteiger partial charge is 0.410 e. The summed E-state index contributed by atoms with van der Waals surface area (Å²) in [5, 5.41) is 2.83. The number of hydrogen-bond donors (Lipinski definition) is 1. The maximum atomic E-state index is 13.9. The quantitative estimate of drug-likeness (QED) is 0.227. The number of anilines is 1.